The molecule has 0 saturated heterocycles. The molecule has 0 saturated carbocycles. The number of hydrogen-bond donors (Lipinski definition) is 1. The van der Waals surface area contributed by atoms with E-state index < -0.39 is 17.9 Å². The van der Waals surface area contributed by atoms with Crippen LogP contribution in [0.1, 0.15) is 24.2 Å². The third-order valence-electron chi connectivity index (χ3n) is 3.00. The molecule has 1 unspecified atom stereocenters. The number of carbonyl (C=O) groups excluding carboxylic acids is 2. The van der Waals surface area contributed by atoms with Gasteiger partial charge >= 0.3 is 5.97 Å². The lowest BCUT2D eigenvalue weighted by Crippen LogP contribution is -2.39. The highest BCUT2D eigenvalue weighted by molar-refractivity contribution is 9.10. The molecule has 0 radical (unpaired) electrons. The normalized spacial score (nSPS) is 11.5. The Morgan fingerprint density at radius 3 is 2.71 bits per heavy atom. The molecule has 7 heteroatoms. The number of esters is 1. The highest BCUT2D eigenvalue weighted by Crippen LogP contribution is 2.22. The second-order valence-corrected chi connectivity index (χ2v) is 5.81. The second-order valence-electron chi connectivity index (χ2n) is 4.89. The van der Waals surface area contributed by atoms with Crippen LogP contribution in [0.25, 0.3) is 0 Å². The minimum absolute atomic E-state index is 0.266. The molecule has 1 amide bonds. The molecule has 0 bridgehead atoms. The fraction of sp³-hybridized carbons (Fsp3) is 0.235. The summed E-state index contributed by atoms with van der Waals surface area (Å²) in [5.41, 5.74) is 0.327. The van der Waals surface area contributed by atoms with Gasteiger partial charge in [0.1, 0.15) is 11.8 Å². The van der Waals surface area contributed by atoms with E-state index in [2.05, 4.69) is 26.2 Å². The molecule has 6 nitrogen and oxygen atoms in total. The fourth-order valence-electron chi connectivity index (χ4n) is 1.83. The van der Waals surface area contributed by atoms with Crippen molar-refractivity contribution in [1.82, 2.24) is 10.3 Å². The van der Waals surface area contributed by atoms with E-state index in [0.29, 0.717) is 17.2 Å². The first-order valence-corrected chi connectivity index (χ1v) is 8.16. The molecule has 1 aromatic carbocycles. The van der Waals surface area contributed by atoms with Crippen LogP contribution in [0.4, 0.5) is 0 Å². The van der Waals surface area contributed by atoms with Crippen LogP contribution in [0.5, 0.6) is 11.6 Å². The van der Waals surface area contributed by atoms with Crippen molar-refractivity contribution >= 4 is 27.8 Å². The Labute approximate surface area is 148 Å². The van der Waals surface area contributed by atoms with Gasteiger partial charge in [-0.25, -0.2) is 9.78 Å². The third kappa shape index (κ3) is 5.06. The first-order chi connectivity index (χ1) is 11.5. The van der Waals surface area contributed by atoms with Crippen LogP contribution in [0.2, 0.25) is 0 Å². The molecule has 0 fully saturated rings. The van der Waals surface area contributed by atoms with Crippen LogP contribution in [0, 0.1) is 0 Å². The Morgan fingerprint density at radius 2 is 2.08 bits per heavy atom. The van der Waals surface area contributed by atoms with E-state index >= 15 is 0 Å². The summed E-state index contributed by atoms with van der Waals surface area (Å²) in [5, 5.41) is 2.56. The summed E-state index contributed by atoms with van der Waals surface area (Å²) in [5.74, 6) is 0.110. The Balaban J connectivity index is 1.98. The molecule has 2 aromatic rings. The molecule has 126 valence electrons. The maximum Gasteiger partial charge on any atom is 0.328 e. The number of pyridine rings is 1. The molecule has 0 spiro atoms. The summed E-state index contributed by atoms with van der Waals surface area (Å²) in [7, 11) is 0. The van der Waals surface area contributed by atoms with Gasteiger partial charge in [0.25, 0.3) is 5.91 Å². The summed E-state index contributed by atoms with van der Waals surface area (Å²) >= 11 is 3.36. The predicted octanol–water partition coefficient (Wildman–Crippen LogP) is 3.32. The highest BCUT2D eigenvalue weighted by atomic mass is 79.9. The topological polar surface area (TPSA) is 77.5 Å². The average molecular weight is 393 g/mol. The lowest BCUT2D eigenvalue weighted by molar-refractivity contribution is -0.144. The van der Waals surface area contributed by atoms with Gasteiger partial charge in [0.2, 0.25) is 5.88 Å². The summed E-state index contributed by atoms with van der Waals surface area (Å²) in [4.78, 5) is 27.7. The number of nitrogens with one attached hydrogen (secondary N) is 1. The molecule has 1 aromatic heterocycles. The summed E-state index contributed by atoms with van der Waals surface area (Å²) in [6, 6.07) is 9.78. The minimum atomic E-state index is -0.727. The third-order valence-corrected chi connectivity index (χ3v) is 3.50. The van der Waals surface area contributed by atoms with Crippen LogP contribution in [-0.4, -0.2) is 29.5 Å². The fourth-order valence-corrected chi connectivity index (χ4v) is 2.21. The van der Waals surface area contributed by atoms with Gasteiger partial charge in [-0.1, -0.05) is 22.0 Å². The van der Waals surface area contributed by atoms with Crippen LogP contribution in [0.3, 0.4) is 0 Å². The highest BCUT2D eigenvalue weighted by Gasteiger charge is 2.17. The van der Waals surface area contributed by atoms with Gasteiger partial charge in [0.05, 0.1) is 12.2 Å². The molecule has 0 aliphatic heterocycles. The average Bonchev–Trinajstić information content (AvgIpc) is 2.55. The maximum absolute atomic E-state index is 12.1. The molecular formula is C17H17BrN2O4. The van der Waals surface area contributed by atoms with Crippen molar-refractivity contribution in [3.05, 3.63) is 52.6 Å². The van der Waals surface area contributed by atoms with Crippen molar-refractivity contribution in [2.45, 2.75) is 19.9 Å². The summed E-state index contributed by atoms with van der Waals surface area (Å²) < 4.78 is 11.3. The SMILES string of the molecule is CCOC(=O)C(C)NC(=O)c1ccc(Oc2cccc(Br)c2)nc1. The molecule has 1 atom stereocenters. The van der Waals surface area contributed by atoms with E-state index in [-0.39, 0.29) is 6.61 Å². The lowest BCUT2D eigenvalue weighted by Gasteiger charge is -2.12. The van der Waals surface area contributed by atoms with Crippen LogP contribution < -0.4 is 10.1 Å². The summed E-state index contributed by atoms with van der Waals surface area (Å²) in [6.07, 6.45) is 1.39. The minimum Gasteiger partial charge on any atom is -0.464 e. The number of rotatable bonds is 6. The van der Waals surface area contributed by atoms with Crippen LogP contribution >= 0.6 is 15.9 Å². The van der Waals surface area contributed by atoms with E-state index in [1.165, 1.54) is 6.20 Å². The van der Waals surface area contributed by atoms with E-state index in [1.54, 1.807) is 32.0 Å². The predicted molar refractivity (Wildman–Crippen MR) is 92.0 cm³/mol. The van der Waals surface area contributed by atoms with Gasteiger partial charge < -0.3 is 14.8 Å². The number of aromatic nitrogens is 1. The number of nitrogens with zero attached hydrogens (tertiary/aromatic N) is 1. The molecular weight excluding hydrogens is 376 g/mol. The van der Waals surface area contributed by atoms with Gasteiger partial charge in [0, 0.05) is 16.7 Å². The number of carbonyl (C=O) groups is 2. The van der Waals surface area contributed by atoms with Gasteiger partial charge in [-0.05, 0) is 38.1 Å². The van der Waals surface area contributed by atoms with Crippen molar-refractivity contribution in [1.29, 1.82) is 0 Å². The number of hydrogen-bond acceptors (Lipinski definition) is 5. The van der Waals surface area contributed by atoms with E-state index in [4.69, 9.17) is 9.47 Å². The van der Waals surface area contributed by atoms with Crippen molar-refractivity contribution in [2.24, 2.45) is 0 Å². The Bertz CT molecular complexity index is 719. The van der Waals surface area contributed by atoms with Crippen LogP contribution in [-0.2, 0) is 9.53 Å². The first-order valence-electron chi connectivity index (χ1n) is 7.36. The van der Waals surface area contributed by atoms with E-state index in [1.807, 2.05) is 18.2 Å². The number of ether oxygens (including phenoxy) is 2. The van der Waals surface area contributed by atoms with Crippen molar-refractivity contribution < 1.29 is 19.1 Å². The maximum atomic E-state index is 12.1. The van der Waals surface area contributed by atoms with E-state index in [9.17, 15) is 9.59 Å². The monoisotopic (exact) mass is 392 g/mol. The van der Waals surface area contributed by atoms with Gasteiger partial charge in [-0.3, -0.25) is 4.79 Å². The van der Waals surface area contributed by atoms with Gasteiger partial charge in [-0.15, -0.1) is 0 Å². The summed E-state index contributed by atoms with van der Waals surface area (Å²) in [6.45, 7) is 3.54. The second kappa shape index (κ2) is 8.44. The molecule has 2 rings (SSSR count). The van der Waals surface area contributed by atoms with Crippen molar-refractivity contribution in [3.8, 4) is 11.6 Å². The largest absolute Gasteiger partial charge is 0.464 e. The Kier molecular flexibility index (Phi) is 6.31. The Morgan fingerprint density at radius 1 is 1.29 bits per heavy atom. The zero-order chi connectivity index (χ0) is 17.5. The molecule has 1 heterocycles. The number of benzene rings is 1. The Hall–Kier alpha value is -2.41. The van der Waals surface area contributed by atoms with Gasteiger partial charge in [-0.2, -0.15) is 0 Å². The quantitative estimate of drug-likeness (QED) is 0.762. The number of amides is 1. The molecule has 1 N–H and O–H groups in total. The lowest BCUT2D eigenvalue weighted by atomic mass is 10.2. The first kappa shape index (κ1) is 17.9. The zero-order valence-electron chi connectivity index (χ0n) is 13.3. The van der Waals surface area contributed by atoms with E-state index in [0.717, 1.165) is 4.47 Å². The van der Waals surface area contributed by atoms with Crippen molar-refractivity contribution in [3.63, 3.8) is 0 Å². The number of halogens is 1. The molecule has 0 aliphatic rings. The molecule has 24 heavy (non-hydrogen) atoms. The standard InChI is InChI=1S/C17H17BrN2O4/c1-3-23-17(22)11(2)20-16(21)12-7-8-15(19-10-12)24-14-6-4-5-13(18)9-14/h4-11H,3H2,1-2H3,(H,20,21). The van der Waals surface area contributed by atoms with Gasteiger partial charge in [0.15, 0.2) is 0 Å². The van der Waals surface area contributed by atoms with Crippen LogP contribution in [0.15, 0.2) is 47.1 Å². The zero-order valence-corrected chi connectivity index (χ0v) is 14.9. The van der Waals surface area contributed by atoms with Crippen molar-refractivity contribution in [2.75, 3.05) is 6.61 Å². The smallest absolute Gasteiger partial charge is 0.328 e. The molecule has 0 aliphatic carbocycles.